The van der Waals surface area contributed by atoms with Crippen LogP contribution in [0.3, 0.4) is 0 Å². The van der Waals surface area contributed by atoms with Crippen LogP contribution in [0.4, 0.5) is 35.1 Å². The van der Waals surface area contributed by atoms with Gasteiger partial charge in [-0.2, -0.15) is 0 Å². The Balaban J connectivity index is 2.44. The zero-order valence-electron chi connectivity index (χ0n) is 14.1. The molecular formula is C19H9BF8. The molecule has 3 rings (SSSR count). The minimum atomic E-state index is -1.93. The summed E-state index contributed by atoms with van der Waals surface area (Å²) in [5.41, 5.74) is -2.53. The lowest BCUT2D eigenvalue weighted by molar-refractivity contribution is 0.498. The van der Waals surface area contributed by atoms with E-state index in [0.29, 0.717) is 24.3 Å². The van der Waals surface area contributed by atoms with Crippen molar-refractivity contribution in [2.24, 2.45) is 0 Å². The minimum Gasteiger partial charge on any atom is -0.207 e. The molecule has 0 nitrogen and oxygen atoms in total. The number of halogens is 8. The highest BCUT2D eigenvalue weighted by Gasteiger charge is 2.33. The van der Waals surface area contributed by atoms with Crippen molar-refractivity contribution >= 4 is 23.1 Å². The number of rotatable bonds is 3. The van der Waals surface area contributed by atoms with Crippen LogP contribution in [0, 0.1) is 53.5 Å². The standard InChI is InChI=1S/C19H9BF8/c1-8-12(2-9(21)5-15(8)24)20(13-3-10(22)6-16(25)18(13)27)14-4-11(23)7-17(26)19(14)28/h2-7H,1H3. The molecule has 0 saturated carbocycles. The summed E-state index contributed by atoms with van der Waals surface area (Å²) < 4.78 is 112. The summed E-state index contributed by atoms with van der Waals surface area (Å²) in [5.74, 6) is -11.4. The second-order valence-electron chi connectivity index (χ2n) is 6.12. The molecule has 0 bridgehead atoms. The number of benzene rings is 3. The van der Waals surface area contributed by atoms with E-state index in [1.807, 2.05) is 0 Å². The molecule has 28 heavy (non-hydrogen) atoms. The molecule has 0 N–H and O–H groups in total. The predicted molar refractivity (Wildman–Crippen MR) is 88.4 cm³/mol. The molecule has 9 heteroatoms. The zero-order chi connectivity index (χ0) is 20.7. The van der Waals surface area contributed by atoms with Gasteiger partial charge in [-0.3, -0.25) is 0 Å². The summed E-state index contributed by atoms with van der Waals surface area (Å²) in [4.78, 5) is 0. The van der Waals surface area contributed by atoms with E-state index in [9.17, 15) is 35.1 Å². The van der Waals surface area contributed by atoms with Gasteiger partial charge in [-0.1, -0.05) is 5.46 Å². The summed E-state index contributed by atoms with van der Waals surface area (Å²) in [6, 6.07) is 2.50. The van der Waals surface area contributed by atoms with Crippen molar-refractivity contribution in [1.29, 1.82) is 0 Å². The first-order chi connectivity index (χ1) is 13.1. The Bertz CT molecular complexity index is 944. The molecule has 0 atom stereocenters. The quantitative estimate of drug-likeness (QED) is 0.358. The van der Waals surface area contributed by atoms with Gasteiger partial charge in [-0.25, -0.2) is 35.1 Å². The molecule has 0 fully saturated rings. The van der Waals surface area contributed by atoms with Gasteiger partial charge in [0.2, 0.25) is 6.71 Å². The number of hydrogen-bond donors (Lipinski definition) is 0. The van der Waals surface area contributed by atoms with Crippen LogP contribution in [0.5, 0.6) is 0 Å². The summed E-state index contributed by atoms with van der Waals surface area (Å²) in [6.45, 7) is -0.807. The fourth-order valence-electron chi connectivity index (χ4n) is 3.04. The van der Waals surface area contributed by atoms with Crippen LogP contribution in [0.2, 0.25) is 0 Å². The molecule has 3 aromatic rings. The van der Waals surface area contributed by atoms with Crippen molar-refractivity contribution in [3.05, 3.63) is 88.5 Å². The first kappa shape index (κ1) is 19.9. The van der Waals surface area contributed by atoms with Crippen LogP contribution >= 0.6 is 0 Å². The Morgan fingerprint density at radius 2 is 0.857 bits per heavy atom. The third-order valence-corrected chi connectivity index (χ3v) is 4.32. The predicted octanol–water partition coefficient (Wildman–Crippen LogP) is 3.62. The summed E-state index contributed by atoms with van der Waals surface area (Å²) in [7, 11) is 0. The molecule has 0 spiro atoms. The lowest BCUT2D eigenvalue weighted by Crippen LogP contribution is -2.56. The molecule has 0 aliphatic carbocycles. The summed E-state index contributed by atoms with van der Waals surface area (Å²) in [6.07, 6.45) is 0. The van der Waals surface area contributed by atoms with E-state index < -0.39 is 69.6 Å². The summed E-state index contributed by atoms with van der Waals surface area (Å²) in [5, 5.41) is 0. The molecule has 0 saturated heterocycles. The Morgan fingerprint density at radius 3 is 1.29 bits per heavy atom. The van der Waals surface area contributed by atoms with Crippen LogP contribution in [0.15, 0.2) is 36.4 Å². The van der Waals surface area contributed by atoms with Crippen molar-refractivity contribution in [2.75, 3.05) is 0 Å². The third-order valence-electron chi connectivity index (χ3n) is 4.32. The van der Waals surface area contributed by atoms with Gasteiger partial charge in [-0.15, -0.1) is 0 Å². The maximum atomic E-state index is 14.4. The topological polar surface area (TPSA) is 0 Å². The second kappa shape index (κ2) is 7.29. The monoisotopic (exact) mass is 400 g/mol. The SMILES string of the molecule is Cc1c(F)cc(F)cc1B(c1cc(F)cc(F)c1F)c1cc(F)cc(F)c1F. The largest absolute Gasteiger partial charge is 0.249 e. The highest BCUT2D eigenvalue weighted by Crippen LogP contribution is 2.14. The maximum absolute atomic E-state index is 14.4. The zero-order valence-corrected chi connectivity index (χ0v) is 14.1. The molecule has 3 aromatic carbocycles. The first-order valence-corrected chi connectivity index (χ1v) is 7.84. The maximum Gasteiger partial charge on any atom is 0.249 e. The average Bonchev–Trinajstić information content (AvgIpc) is 2.60. The molecule has 0 heterocycles. The Labute approximate surface area is 154 Å². The van der Waals surface area contributed by atoms with Crippen molar-refractivity contribution in [2.45, 2.75) is 6.92 Å². The van der Waals surface area contributed by atoms with Gasteiger partial charge in [0.25, 0.3) is 0 Å². The van der Waals surface area contributed by atoms with E-state index >= 15 is 0 Å². The molecule has 0 aliphatic rings. The molecule has 0 aliphatic heterocycles. The highest BCUT2D eigenvalue weighted by molar-refractivity contribution is 6.95. The fourth-order valence-corrected chi connectivity index (χ4v) is 3.04. The van der Waals surface area contributed by atoms with E-state index in [-0.39, 0.29) is 17.7 Å². The normalized spacial score (nSPS) is 11.0. The van der Waals surface area contributed by atoms with E-state index in [1.165, 1.54) is 0 Å². The van der Waals surface area contributed by atoms with Crippen molar-refractivity contribution in [1.82, 2.24) is 0 Å². The molecule has 0 aromatic heterocycles. The van der Waals surface area contributed by atoms with Gasteiger partial charge >= 0.3 is 0 Å². The molecule has 0 unspecified atom stereocenters. The Kier molecular flexibility index (Phi) is 5.19. The van der Waals surface area contributed by atoms with Crippen LogP contribution in [0.1, 0.15) is 5.56 Å². The van der Waals surface area contributed by atoms with Gasteiger partial charge in [0.15, 0.2) is 23.3 Å². The lowest BCUT2D eigenvalue weighted by Gasteiger charge is -2.20. The van der Waals surface area contributed by atoms with Crippen LogP contribution in [-0.4, -0.2) is 6.71 Å². The van der Waals surface area contributed by atoms with Crippen molar-refractivity contribution in [3.63, 3.8) is 0 Å². The van der Waals surface area contributed by atoms with E-state index in [4.69, 9.17) is 0 Å². The van der Waals surface area contributed by atoms with E-state index in [2.05, 4.69) is 0 Å². The molecule has 0 amide bonds. The Hall–Kier alpha value is -2.84. The van der Waals surface area contributed by atoms with Crippen LogP contribution < -0.4 is 16.4 Å². The minimum absolute atomic E-state index is 0.206. The van der Waals surface area contributed by atoms with Crippen LogP contribution in [-0.2, 0) is 0 Å². The molecular weight excluding hydrogens is 391 g/mol. The number of hydrogen-bond acceptors (Lipinski definition) is 0. The van der Waals surface area contributed by atoms with Gasteiger partial charge < -0.3 is 0 Å². The fraction of sp³-hybridized carbons (Fsp3) is 0.0526. The average molecular weight is 400 g/mol. The second-order valence-corrected chi connectivity index (χ2v) is 6.12. The first-order valence-electron chi connectivity index (χ1n) is 7.84. The van der Waals surface area contributed by atoms with Crippen LogP contribution in [0.25, 0.3) is 0 Å². The van der Waals surface area contributed by atoms with Gasteiger partial charge in [0.05, 0.1) is 0 Å². The third kappa shape index (κ3) is 3.48. The molecule has 0 radical (unpaired) electrons. The Morgan fingerprint density at radius 1 is 0.500 bits per heavy atom. The van der Waals surface area contributed by atoms with Gasteiger partial charge in [0, 0.05) is 18.2 Å². The smallest absolute Gasteiger partial charge is 0.207 e. The van der Waals surface area contributed by atoms with E-state index in [1.54, 1.807) is 0 Å². The molecule has 144 valence electrons. The van der Waals surface area contributed by atoms with E-state index in [0.717, 1.165) is 6.92 Å². The van der Waals surface area contributed by atoms with Crippen molar-refractivity contribution in [3.8, 4) is 0 Å². The van der Waals surface area contributed by atoms with Gasteiger partial charge in [-0.05, 0) is 41.6 Å². The summed E-state index contributed by atoms with van der Waals surface area (Å²) >= 11 is 0. The van der Waals surface area contributed by atoms with Crippen molar-refractivity contribution < 1.29 is 35.1 Å². The lowest BCUT2D eigenvalue weighted by atomic mass is 9.36. The van der Waals surface area contributed by atoms with Gasteiger partial charge in [0.1, 0.15) is 23.3 Å². The highest BCUT2D eigenvalue weighted by atomic mass is 19.2.